The van der Waals surface area contributed by atoms with Gasteiger partial charge in [-0.25, -0.2) is 17.6 Å². The Morgan fingerprint density at radius 3 is 2.25 bits per heavy atom. The molecule has 0 saturated carbocycles. The molecule has 2 aliphatic rings. The van der Waals surface area contributed by atoms with E-state index >= 15 is 0 Å². The quantitative estimate of drug-likeness (QED) is 0.494. The van der Waals surface area contributed by atoms with Gasteiger partial charge in [-0.05, 0) is 13.3 Å². The van der Waals surface area contributed by atoms with Gasteiger partial charge < -0.3 is 4.74 Å². The fraction of sp³-hybridized carbons (Fsp3) is 0.636. The molecule has 0 bridgehead atoms. The van der Waals surface area contributed by atoms with Crippen LogP contribution in [0.25, 0.3) is 0 Å². The second kappa shape index (κ2) is 4.28. The molecule has 114 valence electrons. The molecule has 2 rings (SSSR count). The lowest BCUT2D eigenvalue weighted by Gasteiger charge is -2.38. The molecule has 9 heteroatoms. The van der Waals surface area contributed by atoms with Crippen molar-refractivity contribution in [3.05, 3.63) is 22.4 Å². The number of rotatable bonds is 3. The van der Waals surface area contributed by atoms with Crippen LogP contribution in [0.15, 0.2) is 22.4 Å². The van der Waals surface area contributed by atoms with Crippen LogP contribution in [-0.2, 0) is 14.9 Å². The van der Waals surface area contributed by atoms with Crippen molar-refractivity contribution >= 4 is 10.1 Å². The summed E-state index contributed by atoms with van der Waals surface area (Å²) < 4.78 is 91.4. The molecule has 0 radical (unpaired) electrons. The number of epoxide rings is 1. The lowest BCUT2D eigenvalue weighted by atomic mass is 9.68. The number of alkyl halides is 1. The summed E-state index contributed by atoms with van der Waals surface area (Å²) in [7, 11) is -5.42. The van der Waals surface area contributed by atoms with E-state index in [4.69, 9.17) is 9.29 Å². The number of ether oxygens (including phenoxy) is 1. The molecule has 4 nitrogen and oxygen atoms in total. The summed E-state index contributed by atoms with van der Waals surface area (Å²) in [5.74, 6) is -5.96. The molecular formula is C11H12F4O4S. The van der Waals surface area contributed by atoms with Crippen molar-refractivity contribution in [2.24, 2.45) is 5.41 Å². The van der Waals surface area contributed by atoms with Crippen molar-refractivity contribution in [2.75, 3.05) is 6.61 Å². The Balaban J connectivity index is 2.69. The van der Waals surface area contributed by atoms with Gasteiger partial charge in [0.05, 0.1) is 12.0 Å². The van der Waals surface area contributed by atoms with E-state index in [1.165, 1.54) is 6.92 Å². The van der Waals surface area contributed by atoms with Gasteiger partial charge >= 0.3 is 0 Å². The Hall–Kier alpha value is -0.930. The zero-order valence-electron chi connectivity index (χ0n) is 10.6. The van der Waals surface area contributed by atoms with E-state index in [0.717, 1.165) is 6.92 Å². The molecule has 0 aromatic rings. The summed E-state index contributed by atoms with van der Waals surface area (Å²) in [6.45, 7) is 2.34. The number of hydrogen-bond donors (Lipinski definition) is 1. The second-order valence-corrected chi connectivity index (χ2v) is 6.34. The molecule has 1 aliphatic heterocycles. The van der Waals surface area contributed by atoms with Crippen LogP contribution in [0.1, 0.15) is 20.3 Å². The fourth-order valence-corrected chi connectivity index (χ4v) is 3.20. The van der Waals surface area contributed by atoms with Gasteiger partial charge in [0.1, 0.15) is 11.4 Å². The molecule has 20 heavy (non-hydrogen) atoms. The average Bonchev–Trinajstić information content (AvgIpc) is 3.13. The minimum atomic E-state index is -5.42. The molecule has 1 fully saturated rings. The second-order valence-electron chi connectivity index (χ2n) is 4.98. The van der Waals surface area contributed by atoms with Crippen LogP contribution < -0.4 is 0 Å². The molecular weight excluding hydrogens is 304 g/mol. The number of allylic oxidation sites excluding steroid dienone is 2. The van der Waals surface area contributed by atoms with E-state index in [1.54, 1.807) is 0 Å². The van der Waals surface area contributed by atoms with Crippen molar-refractivity contribution in [1.29, 1.82) is 0 Å². The smallest absolute Gasteiger partial charge is 0.300 e. The van der Waals surface area contributed by atoms with Gasteiger partial charge in [-0.3, -0.25) is 4.55 Å². The Kier molecular flexibility index (Phi) is 3.31. The maximum atomic E-state index is 14.2. The summed E-state index contributed by atoms with van der Waals surface area (Å²) in [6, 6.07) is 0. The summed E-state index contributed by atoms with van der Waals surface area (Å²) >= 11 is 0. The Bertz CT molecular complexity index is 620. The topological polar surface area (TPSA) is 66.9 Å². The lowest BCUT2D eigenvalue weighted by Crippen LogP contribution is -2.47. The van der Waals surface area contributed by atoms with Crippen molar-refractivity contribution in [3.8, 4) is 0 Å². The van der Waals surface area contributed by atoms with Gasteiger partial charge in [-0.15, -0.1) is 0 Å². The standard InChI is InChI=1S/C11H12F4O4S/c1-3-11(4-19-11)10(2)8(14)5(12)7(20(16,17)18)6(13)9(10)15/h8H,3-4H2,1-2H3,(H,16,17,18). The minimum Gasteiger partial charge on any atom is -0.368 e. The van der Waals surface area contributed by atoms with E-state index in [2.05, 4.69) is 0 Å². The zero-order valence-corrected chi connectivity index (χ0v) is 11.4. The number of hydrogen-bond acceptors (Lipinski definition) is 3. The third kappa shape index (κ3) is 1.76. The van der Waals surface area contributed by atoms with Crippen LogP contribution in [0.2, 0.25) is 0 Å². The summed E-state index contributed by atoms with van der Waals surface area (Å²) in [6.07, 6.45) is -2.69. The summed E-state index contributed by atoms with van der Waals surface area (Å²) in [5, 5.41) is 0. The minimum absolute atomic E-state index is 0.0824. The molecule has 1 N–H and O–H groups in total. The highest BCUT2D eigenvalue weighted by molar-refractivity contribution is 7.90. The predicted molar refractivity (Wildman–Crippen MR) is 60.9 cm³/mol. The first-order valence-corrected chi connectivity index (χ1v) is 7.18. The van der Waals surface area contributed by atoms with Gasteiger partial charge in [-0.2, -0.15) is 8.42 Å². The van der Waals surface area contributed by atoms with E-state index in [9.17, 15) is 26.0 Å². The van der Waals surface area contributed by atoms with Crippen LogP contribution in [0.5, 0.6) is 0 Å². The van der Waals surface area contributed by atoms with E-state index in [0.29, 0.717) is 0 Å². The zero-order chi connectivity index (χ0) is 15.5. The largest absolute Gasteiger partial charge is 0.368 e. The molecule has 3 atom stereocenters. The molecule has 0 amide bonds. The van der Waals surface area contributed by atoms with E-state index < -0.39 is 49.7 Å². The highest BCUT2D eigenvalue weighted by atomic mass is 32.2. The molecule has 0 aromatic heterocycles. The van der Waals surface area contributed by atoms with Crippen molar-refractivity contribution < 1.29 is 35.3 Å². The Morgan fingerprint density at radius 1 is 1.40 bits per heavy atom. The fourth-order valence-electron chi connectivity index (χ4n) is 2.54. The van der Waals surface area contributed by atoms with Gasteiger partial charge in [0.2, 0.25) is 0 Å². The van der Waals surface area contributed by atoms with Crippen LogP contribution in [0, 0.1) is 5.41 Å². The maximum absolute atomic E-state index is 14.2. The number of halogens is 4. The Labute approximate surface area is 112 Å². The molecule has 1 saturated heterocycles. The predicted octanol–water partition coefficient (Wildman–Crippen LogP) is 2.74. The first-order valence-electron chi connectivity index (χ1n) is 5.74. The summed E-state index contributed by atoms with van der Waals surface area (Å²) in [4.78, 5) is -1.99. The average molecular weight is 316 g/mol. The highest BCUT2D eigenvalue weighted by Gasteiger charge is 2.68. The van der Waals surface area contributed by atoms with Gasteiger partial charge in [0, 0.05) is 0 Å². The van der Waals surface area contributed by atoms with Crippen LogP contribution in [0.4, 0.5) is 17.6 Å². The summed E-state index contributed by atoms with van der Waals surface area (Å²) in [5.41, 5.74) is -3.75. The third-order valence-electron chi connectivity index (χ3n) is 4.06. The van der Waals surface area contributed by atoms with Gasteiger partial charge in [0.15, 0.2) is 22.7 Å². The molecule has 1 heterocycles. The van der Waals surface area contributed by atoms with E-state index in [1.807, 2.05) is 0 Å². The highest BCUT2D eigenvalue weighted by Crippen LogP contribution is 2.60. The van der Waals surface area contributed by atoms with Crippen molar-refractivity contribution in [2.45, 2.75) is 32.0 Å². The maximum Gasteiger partial charge on any atom is 0.300 e. The van der Waals surface area contributed by atoms with Crippen LogP contribution >= 0.6 is 0 Å². The van der Waals surface area contributed by atoms with Crippen molar-refractivity contribution in [1.82, 2.24) is 0 Å². The molecule has 1 aliphatic carbocycles. The first kappa shape index (κ1) is 15.5. The molecule has 0 spiro atoms. The lowest BCUT2D eigenvalue weighted by molar-refractivity contribution is 0.0370. The molecule has 3 unspecified atom stereocenters. The van der Waals surface area contributed by atoms with Crippen molar-refractivity contribution in [3.63, 3.8) is 0 Å². The normalized spacial score (nSPS) is 38.5. The van der Waals surface area contributed by atoms with E-state index in [-0.39, 0.29) is 13.0 Å². The van der Waals surface area contributed by atoms with Crippen LogP contribution in [0.3, 0.4) is 0 Å². The monoisotopic (exact) mass is 316 g/mol. The molecule has 0 aromatic carbocycles. The first-order chi connectivity index (χ1) is 9.03. The van der Waals surface area contributed by atoms with Gasteiger partial charge in [-0.1, -0.05) is 6.92 Å². The SMILES string of the molecule is CCC1(C2(C)C(F)=C(F)C(S(=O)(=O)O)=C(F)C2F)CO1. The van der Waals surface area contributed by atoms with Crippen LogP contribution in [-0.4, -0.2) is 31.4 Å². The third-order valence-corrected chi connectivity index (χ3v) is 4.95. The Morgan fingerprint density at radius 2 is 1.90 bits per heavy atom. The van der Waals surface area contributed by atoms with Gasteiger partial charge in [0.25, 0.3) is 10.1 Å².